The van der Waals surface area contributed by atoms with E-state index in [0.717, 1.165) is 13.6 Å². The first kappa shape index (κ1) is 14.7. The molecule has 0 radical (unpaired) electrons. The van der Waals surface area contributed by atoms with Crippen LogP contribution in [0.5, 0.6) is 0 Å². The van der Waals surface area contributed by atoms with Crippen LogP contribution in [0.25, 0.3) is 6.08 Å². The highest BCUT2D eigenvalue weighted by molar-refractivity contribution is 14.1. The Morgan fingerprint density at radius 3 is 2.26 bits per heavy atom. The van der Waals surface area contributed by atoms with E-state index in [2.05, 4.69) is 38.5 Å². The van der Waals surface area contributed by atoms with Gasteiger partial charge in [-0.2, -0.15) is 0 Å². The standard InChI is InChI=1S/C14H10BrIO2S/c15-12-5-7-13(8-6-12)19(17,18)10-9-11-3-1-2-4-14(11)16/h1-10H. The van der Waals surface area contributed by atoms with Crippen molar-refractivity contribution in [3.63, 3.8) is 0 Å². The summed E-state index contributed by atoms with van der Waals surface area (Å²) in [5.74, 6) is 0. The highest BCUT2D eigenvalue weighted by Gasteiger charge is 2.09. The maximum absolute atomic E-state index is 12.1. The molecule has 0 amide bonds. The molecule has 19 heavy (non-hydrogen) atoms. The van der Waals surface area contributed by atoms with Crippen LogP contribution < -0.4 is 0 Å². The number of hydrogen-bond acceptors (Lipinski definition) is 2. The molecule has 0 saturated carbocycles. The molecule has 2 nitrogen and oxygen atoms in total. The number of hydrogen-bond donors (Lipinski definition) is 0. The van der Waals surface area contributed by atoms with Crippen LogP contribution >= 0.6 is 38.5 Å². The van der Waals surface area contributed by atoms with Gasteiger partial charge in [0.05, 0.1) is 4.90 Å². The van der Waals surface area contributed by atoms with Gasteiger partial charge in [0.1, 0.15) is 0 Å². The van der Waals surface area contributed by atoms with Crippen LogP contribution in [-0.4, -0.2) is 8.42 Å². The lowest BCUT2D eigenvalue weighted by molar-refractivity contribution is 0.605. The molecular formula is C14H10BrIO2S. The lowest BCUT2D eigenvalue weighted by Gasteiger charge is -2.00. The van der Waals surface area contributed by atoms with Crippen molar-refractivity contribution in [2.75, 3.05) is 0 Å². The second-order valence-electron chi connectivity index (χ2n) is 3.82. The zero-order valence-electron chi connectivity index (χ0n) is 9.75. The zero-order valence-corrected chi connectivity index (χ0v) is 14.3. The monoisotopic (exact) mass is 448 g/mol. The van der Waals surface area contributed by atoms with Crippen molar-refractivity contribution in [3.05, 3.63) is 67.5 Å². The summed E-state index contributed by atoms with van der Waals surface area (Å²) in [7, 11) is -3.40. The first-order chi connectivity index (χ1) is 8.99. The van der Waals surface area contributed by atoms with Gasteiger partial charge in [-0.3, -0.25) is 0 Å². The Morgan fingerprint density at radius 1 is 1.00 bits per heavy atom. The largest absolute Gasteiger partial charge is 0.219 e. The molecule has 0 unspecified atom stereocenters. The Hall–Kier alpha value is -0.660. The van der Waals surface area contributed by atoms with Gasteiger partial charge < -0.3 is 0 Å². The molecule has 2 rings (SSSR count). The molecule has 0 aliphatic carbocycles. The smallest absolute Gasteiger partial charge is 0.199 e. The Labute approximate surface area is 134 Å². The maximum Gasteiger partial charge on any atom is 0.199 e. The summed E-state index contributed by atoms with van der Waals surface area (Å²) in [4.78, 5) is 0.290. The second kappa shape index (κ2) is 6.19. The van der Waals surface area contributed by atoms with E-state index in [1.807, 2.05) is 24.3 Å². The summed E-state index contributed by atoms with van der Waals surface area (Å²) in [6, 6.07) is 14.2. The van der Waals surface area contributed by atoms with Gasteiger partial charge in [0.15, 0.2) is 9.84 Å². The Kier molecular flexibility index (Phi) is 4.81. The van der Waals surface area contributed by atoms with Crippen molar-refractivity contribution in [1.82, 2.24) is 0 Å². The molecule has 2 aromatic carbocycles. The molecule has 0 spiro atoms. The Morgan fingerprint density at radius 2 is 1.63 bits per heavy atom. The normalized spacial score (nSPS) is 11.9. The van der Waals surface area contributed by atoms with Gasteiger partial charge in [0, 0.05) is 13.5 Å². The number of halogens is 2. The summed E-state index contributed by atoms with van der Waals surface area (Å²) in [6.07, 6.45) is 1.62. The van der Waals surface area contributed by atoms with Gasteiger partial charge in [0.25, 0.3) is 0 Å². The van der Waals surface area contributed by atoms with Crippen molar-refractivity contribution in [3.8, 4) is 0 Å². The van der Waals surface area contributed by atoms with E-state index in [1.54, 1.807) is 30.3 Å². The SMILES string of the molecule is O=S(=O)(C=Cc1ccccc1I)c1ccc(Br)cc1. The van der Waals surface area contributed by atoms with Gasteiger partial charge in [-0.05, 0) is 64.6 Å². The predicted octanol–water partition coefficient (Wildman–Crippen LogP) is 4.50. The van der Waals surface area contributed by atoms with Gasteiger partial charge >= 0.3 is 0 Å². The highest BCUT2D eigenvalue weighted by Crippen LogP contribution is 2.19. The summed E-state index contributed by atoms with van der Waals surface area (Å²) in [6.45, 7) is 0. The Balaban J connectivity index is 2.32. The third-order valence-corrected chi connectivity index (χ3v) is 5.41. The molecule has 98 valence electrons. The van der Waals surface area contributed by atoms with Gasteiger partial charge in [0.2, 0.25) is 0 Å². The number of rotatable bonds is 3. The molecular weight excluding hydrogens is 439 g/mol. The first-order valence-electron chi connectivity index (χ1n) is 5.42. The van der Waals surface area contributed by atoms with Crippen LogP contribution in [-0.2, 0) is 9.84 Å². The fourth-order valence-electron chi connectivity index (χ4n) is 1.48. The van der Waals surface area contributed by atoms with Crippen LogP contribution in [0.3, 0.4) is 0 Å². The third kappa shape index (κ3) is 3.90. The van der Waals surface area contributed by atoms with E-state index in [9.17, 15) is 8.42 Å². The van der Waals surface area contributed by atoms with Crippen molar-refractivity contribution in [2.24, 2.45) is 0 Å². The minimum absolute atomic E-state index is 0.290. The van der Waals surface area contributed by atoms with E-state index in [-0.39, 0.29) is 4.90 Å². The molecule has 0 aliphatic heterocycles. The molecule has 0 atom stereocenters. The van der Waals surface area contributed by atoms with Crippen molar-refractivity contribution in [1.29, 1.82) is 0 Å². The van der Waals surface area contributed by atoms with Crippen LogP contribution in [0.15, 0.2) is 63.3 Å². The van der Waals surface area contributed by atoms with Crippen molar-refractivity contribution >= 4 is 54.4 Å². The molecule has 0 saturated heterocycles. The van der Waals surface area contributed by atoms with E-state index >= 15 is 0 Å². The van der Waals surface area contributed by atoms with E-state index in [4.69, 9.17) is 0 Å². The van der Waals surface area contributed by atoms with Crippen LogP contribution in [0.1, 0.15) is 5.56 Å². The molecule has 0 heterocycles. The Bertz CT molecular complexity index is 706. The first-order valence-corrected chi connectivity index (χ1v) is 8.84. The minimum Gasteiger partial charge on any atom is -0.219 e. The van der Waals surface area contributed by atoms with Gasteiger partial charge in [-0.25, -0.2) is 8.42 Å². The van der Waals surface area contributed by atoms with E-state index in [0.29, 0.717) is 0 Å². The minimum atomic E-state index is -3.40. The van der Waals surface area contributed by atoms with E-state index in [1.165, 1.54) is 5.41 Å². The molecule has 0 N–H and O–H groups in total. The molecule has 5 heteroatoms. The average molecular weight is 449 g/mol. The van der Waals surface area contributed by atoms with Gasteiger partial charge in [-0.15, -0.1) is 0 Å². The maximum atomic E-state index is 12.1. The summed E-state index contributed by atoms with van der Waals surface area (Å²) >= 11 is 5.46. The van der Waals surface area contributed by atoms with Crippen LogP contribution in [0.4, 0.5) is 0 Å². The molecule has 0 aliphatic rings. The lowest BCUT2D eigenvalue weighted by atomic mass is 10.2. The van der Waals surface area contributed by atoms with Crippen molar-refractivity contribution < 1.29 is 8.42 Å². The van der Waals surface area contributed by atoms with Crippen molar-refractivity contribution in [2.45, 2.75) is 4.90 Å². The lowest BCUT2D eigenvalue weighted by Crippen LogP contribution is -1.95. The molecule has 2 aromatic rings. The van der Waals surface area contributed by atoms with Gasteiger partial charge in [-0.1, -0.05) is 34.1 Å². The number of sulfone groups is 1. The fourth-order valence-corrected chi connectivity index (χ4v) is 3.31. The summed E-state index contributed by atoms with van der Waals surface area (Å²) < 4.78 is 26.1. The zero-order chi connectivity index (χ0) is 13.9. The second-order valence-corrected chi connectivity index (χ2v) is 7.73. The fraction of sp³-hybridized carbons (Fsp3) is 0. The summed E-state index contributed by atoms with van der Waals surface area (Å²) in [5.41, 5.74) is 0.892. The number of benzene rings is 2. The topological polar surface area (TPSA) is 34.1 Å². The molecule has 0 bridgehead atoms. The molecule has 0 fully saturated rings. The quantitative estimate of drug-likeness (QED) is 0.648. The third-order valence-electron chi connectivity index (χ3n) is 2.47. The van der Waals surface area contributed by atoms with Crippen LogP contribution in [0.2, 0.25) is 0 Å². The average Bonchev–Trinajstić information content (AvgIpc) is 2.38. The summed E-state index contributed by atoms with van der Waals surface area (Å²) in [5, 5.41) is 1.24. The highest BCUT2D eigenvalue weighted by atomic mass is 127. The molecule has 0 aromatic heterocycles. The van der Waals surface area contributed by atoms with E-state index < -0.39 is 9.84 Å². The van der Waals surface area contributed by atoms with Crippen LogP contribution in [0, 0.1) is 3.57 Å². The predicted molar refractivity (Wildman–Crippen MR) is 89.5 cm³/mol.